The Bertz CT molecular complexity index is 543. The van der Waals surface area contributed by atoms with E-state index in [2.05, 4.69) is 9.97 Å². The molecule has 2 rings (SSSR count). The summed E-state index contributed by atoms with van der Waals surface area (Å²) in [7, 11) is 0. The van der Waals surface area contributed by atoms with Crippen molar-refractivity contribution in [2.45, 2.75) is 6.42 Å². The second kappa shape index (κ2) is 4.93. The number of carboxylic acids is 1. The molecular formula is C12H9ClN2O2. The third-order valence-corrected chi connectivity index (χ3v) is 2.57. The van der Waals surface area contributed by atoms with E-state index in [9.17, 15) is 4.79 Å². The van der Waals surface area contributed by atoms with Gasteiger partial charge in [0.05, 0.1) is 6.42 Å². The minimum absolute atomic E-state index is 0.0908. The van der Waals surface area contributed by atoms with Gasteiger partial charge in [0, 0.05) is 29.7 Å². The first kappa shape index (κ1) is 11.5. The lowest BCUT2D eigenvalue weighted by Crippen LogP contribution is -2.03. The Morgan fingerprint density at radius 1 is 1.35 bits per heavy atom. The average molecular weight is 249 g/mol. The first-order valence-corrected chi connectivity index (χ1v) is 5.32. The number of aliphatic carboxylic acids is 1. The molecule has 2 aromatic heterocycles. The van der Waals surface area contributed by atoms with Crippen molar-refractivity contribution in [2.75, 3.05) is 0 Å². The second-order valence-electron chi connectivity index (χ2n) is 3.45. The number of nitrogens with zero attached hydrogens (tertiary/aromatic N) is 2. The summed E-state index contributed by atoms with van der Waals surface area (Å²) in [6, 6.07) is 5.24. The highest BCUT2D eigenvalue weighted by atomic mass is 35.5. The van der Waals surface area contributed by atoms with Crippen molar-refractivity contribution in [1.82, 2.24) is 9.97 Å². The van der Waals surface area contributed by atoms with Crippen LogP contribution in [0.1, 0.15) is 5.56 Å². The molecular weight excluding hydrogens is 240 g/mol. The van der Waals surface area contributed by atoms with Crippen LogP contribution in [0.4, 0.5) is 0 Å². The lowest BCUT2D eigenvalue weighted by Gasteiger charge is -2.08. The highest BCUT2D eigenvalue weighted by molar-refractivity contribution is 6.32. The second-order valence-corrected chi connectivity index (χ2v) is 3.81. The van der Waals surface area contributed by atoms with Gasteiger partial charge in [-0.15, -0.1) is 0 Å². The van der Waals surface area contributed by atoms with Crippen LogP contribution < -0.4 is 0 Å². The van der Waals surface area contributed by atoms with Gasteiger partial charge in [0.25, 0.3) is 0 Å². The van der Waals surface area contributed by atoms with Crippen LogP contribution in [-0.4, -0.2) is 21.0 Å². The molecule has 0 bridgehead atoms. The zero-order valence-corrected chi connectivity index (χ0v) is 9.55. The summed E-state index contributed by atoms with van der Waals surface area (Å²) in [4.78, 5) is 18.7. The van der Waals surface area contributed by atoms with Crippen molar-refractivity contribution < 1.29 is 9.90 Å². The van der Waals surface area contributed by atoms with Crippen LogP contribution in [0.3, 0.4) is 0 Å². The molecule has 2 aromatic rings. The molecule has 4 nitrogen and oxygen atoms in total. The van der Waals surface area contributed by atoms with E-state index in [1.54, 1.807) is 24.5 Å². The minimum atomic E-state index is -0.905. The van der Waals surface area contributed by atoms with Gasteiger partial charge >= 0.3 is 5.97 Å². The van der Waals surface area contributed by atoms with Gasteiger partial charge in [0.15, 0.2) is 0 Å². The van der Waals surface area contributed by atoms with Gasteiger partial charge in [-0.25, -0.2) is 4.98 Å². The number of pyridine rings is 2. The number of hydrogen-bond donors (Lipinski definition) is 1. The predicted octanol–water partition coefficient (Wildman–Crippen LogP) is 2.42. The van der Waals surface area contributed by atoms with Crippen LogP contribution in [0.2, 0.25) is 5.15 Å². The summed E-state index contributed by atoms with van der Waals surface area (Å²) in [5, 5.41) is 9.14. The quantitative estimate of drug-likeness (QED) is 0.848. The Labute approximate surface area is 103 Å². The summed E-state index contributed by atoms with van der Waals surface area (Å²) in [6.07, 6.45) is 4.69. The molecule has 0 atom stereocenters. The summed E-state index contributed by atoms with van der Waals surface area (Å²) >= 11 is 6.02. The Morgan fingerprint density at radius 2 is 2.18 bits per heavy atom. The lowest BCUT2D eigenvalue weighted by molar-refractivity contribution is -0.136. The monoisotopic (exact) mass is 248 g/mol. The normalized spacial score (nSPS) is 10.2. The van der Waals surface area contributed by atoms with E-state index in [0.717, 1.165) is 5.56 Å². The van der Waals surface area contributed by atoms with Crippen LogP contribution in [0.5, 0.6) is 0 Å². The van der Waals surface area contributed by atoms with Gasteiger partial charge in [-0.2, -0.15) is 0 Å². The minimum Gasteiger partial charge on any atom is -0.481 e. The van der Waals surface area contributed by atoms with Gasteiger partial charge < -0.3 is 5.11 Å². The van der Waals surface area contributed by atoms with E-state index in [4.69, 9.17) is 16.7 Å². The maximum absolute atomic E-state index is 10.8. The van der Waals surface area contributed by atoms with E-state index in [0.29, 0.717) is 11.1 Å². The smallest absolute Gasteiger partial charge is 0.307 e. The van der Waals surface area contributed by atoms with Crippen molar-refractivity contribution in [2.24, 2.45) is 0 Å². The van der Waals surface area contributed by atoms with Crippen molar-refractivity contribution in [3.63, 3.8) is 0 Å². The molecule has 5 heteroatoms. The Kier molecular flexibility index (Phi) is 3.35. The van der Waals surface area contributed by atoms with Crippen molar-refractivity contribution in [1.29, 1.82) is 0 Å². The summed E-state index contributed by atoms with van der Waals surface area (Å²) < 4.78 is 0. The first-order valence-electron chi connectivity index (χ1n) is 4.94. The van der Waals surface area contributed by atoms with Crippen molar-refractivity contribution in [3.05, 3.63) is 47.5 Å². The fourth-order valence-corrected chi connectivity index (χ4v) is 1.89. The van der Waals surface area contributed by atoms with E-state index >= 15 is 0 Å². The van der Waals surface area contributed by atoms with Crippen LogP contribution in [0.15, 0.2) is 36.8 Å². The molecule has 1 N–H and O–H groups in total. The van der Waals surface area contributed by atoms with Gasteiger partial charge in [0.1, 0.15) is 5.15 Å². The molecule has 0 amide bonds. The summed E-state index contributed by atoms with van der Waals surface area (Å²) in [5.41, 5.74) is 2.03. The maximum atomic E-state index is 10.8. The third-order valence-electron chi connectivity index (χ3n) is 2.28. The zero-order chi connectivity index (χ0) is 12.3. The predicted molar refractivity (Wildman–Crippen MR) is 63.8 cm³/mol. The van der Waals surface area contributed by atoms with Gasteiger partial charge in [0.2, 0.25) is 0 Å². The van der Waals surface area contributed by atoms with Crippen LogP contribution >= 0.6 is 11.6 Å². The Morgan fingerprint density at radius 3 is 2.82 bits per heavy atom. The van der Waals surface area contributed by atoms with Crippen LogP contribution in [0, 0.1) is 0 Å². The molecule has 0 spiro atoms. The molecule has 86 valence electrons. The maximum Gasteiger partial charge on any atom is 0.307 e. The standard InChI is InChI=1S/C12H9ClN2O2/c13-12-11(9-2-1-4-14-7-9)8(3-5-15-12)6-10(16)17/h1-5,7H,6H2,(H,16,17). The SMILES string of the molecule is O=C(O)Cc1ccnc(Cl)c1-c1cccnc1. The van der Waals surface area contributed by atoms with Crippen LogP contribution in [-0.2, 0) is 11.2 Å². The fourth-order valence-electron chi connectivity index (χ4n) is 1.60. The number of aromatic nitrogens is 2. The summed E-state index contributed by atoms with van der Waals surface area (Å²) in [6.45, 7) is 0. The van der Waals surface area contributed by atoms with Crippen molar-refractivity contribution >= 4 is 17.6 Å². The number of carboxylic acid groups (broad SMARTS) is 1. The molecule has 2 heterocycles. The molecule has 0 unspecified atom stereocenters. The third kappa shape index (κ3) is 2.60. The van der Waals surface area contributed by atoms with Gasteiger partial charge in [-0.1, -0.05) is 17.7 Å². The number of rotatable bonds is 3. The Balaban J connectivity index is 2.55. The van der Waals surface area contributed by atoms with E-state index in [1.165, 1.54) is 6.20 Å². The van der Waals surface area contributed by atoms with E-state index < -0.39 is 5.97 Å². The number of halogens is 1. The molecule has 0 aliphatic carbocycles. The number of hydrogen-bond acceptors (Lipinski definition) is 3. The molecule has 0 radical (unpaired) electrons. The lowest BCUT2D eigenvalue weighted by atomic mass is 10.0. The Hall–Kier alpha value is -1.94. The van der Waals surface area contributed by atoms with Gasteiger partial charge in [-0.3, -0.25) is 9.78 Å². The molecule has 0 saturated carbocycles. The highest BCUT2D eigenvalue weighted by Crippen LogP contribution is 2.29. The first-order chi connectivity index (χ1) is 8.18. The topological polar surface area (TPSA) is 63.1 Å². The average Bonchev–Trinajstić information content (AvgIpc) is 2.29. The molecule has 0 saturated heterocycles. The van der Waals surface area contributed by atoms with E-state index in [1.807, 2.05) is 6.07 Å². The molecule has 0 aliphatic rings. The van der Waals surface area contributed by atoms with Crippen LogP contribution in [0.25, 0.3) is 11.1 Å². The molecule has 0 fully saturated rings. The molecule has 0 aliphatic heterocycles. The largest absolute Gasteiger partial charge is 0.481 e. The van der Waals surface area contributed by atoms with Gasteiger partial charge in [-0.05, 0) is 17.7 Å². The molecule has 0 aromatic carbocycles. The highest BCUT2D eigenvalue weighted by Gasteiger charge is 2.13. The summed E-state index contributed by atoms with van der Waals surface area (Å²) in [5.74, 6) is -0.905. The fraction of sp³-hybridized carbons (Fsp3) is 0.0833. The number of carbonyl (C=O) groups is 1. The molecule has 17 heavy (non-hydrogen) atoms. The zero-order valence-electron chi connectivity index (χ0n) is 8.80. The van der Waals surface area contributed by atoms with Crippen molar-refractivity contribution in [3.8, 4) is 11.1 Å². The van der Waals surface area contributed by atoms with E-state index in [-0.39, 0.29) is 11.6 Å².